The molecule has 0 saturated heterocycles. The second kappa shape index (κ2) is 6.25. The van der Waals surface area contributed by atoms with Gasteiger partial charge < -0.3 is 9.64 Å². The predicted octanol–water partition coefficient (Wildman–Crippen LogP) is 1.86. The smallest absolute Gasteiger partial charge is 0.397 e. The van der Waals surface area contributed by atoms with Crippen LogP contribution in [0.5, 0.6) is 0 Å². The van der Waals surface area contributed by atoms with Gasteiger partial charge in [-0.25, -0.2) is 4.79 Å². The lowest BCUT2D eigenvalue weighted by Gasteiger charge is -2.16. The minimum absolute atomic E-state index is 0.185. The number of ether oxygens (including phenoxy) is 1. The van der Waals surface area contributed by atoms with Gasteiger partial charge >= 0.3 is 11.9 Å². The highest BCUT2D eigenvalue weighted by molar-refractivity contribution is 6.32. The predicted molar refractivity (Wildman–Crippen MR) is 64.6 cm³/mol. The summed E-state index contributed by atoms with van der Waals surface area (Å²) < 4.78 is 4.63. The molecule has 0 saturated carbocycles. The zero-order chi connectivity index (χ0) is 12.8. The standard InChI is InChI=1S/C12H14ClNO3/c1-3-17-12(16)11(15)14(2)8-9-6-4-5-7-10(9)13/h4-7H,3,8H2,1-2H3. The maximum atomic E-state index is 11.6. The van der Waals surface area contributed by atoms with Gasteiger partial charge in [-0.2, -0.15) is 0 Å². The van der Waals surface area contributed by atoms with Gasteiger partial charge in [-0.3, -0.25) is 4.79 Å². The van der Waals surface area contributed by atoms with Crippen LogP contribution in [0.3, 0.4) is 0 Å². The van der Waals surface area contributed by atoms with Crippen LogP contribution in [0.2, 0.25) is 5.02 Å². The molecule has 1 rings (SSSR count). The zero-order valence-electron chi connectivity index (χ0n) is 9.77. The molecule has 1 amide bonds. The van der Waals surface area contributed by atoms with Gasteiger partial charge in [0.2, 0.25) is 0 Å². The molecule has 0 aliphatic carbocycles. The summed E-state index contributed by atoms with van der Waals surface area (Å²) in [7, 11) is 1.53. The number of hydrogen-bond donors (Lipinski definition) is 0. The molecule has 0 spiro atoms. The van der Waals surface area contributed by atoms with E-state index in [2.05, 4.69) is 4.74 Å². The first kappa shape index (κ1) is 13.5. The van der Waals surface area contributed by atoms with Crippen molar-refractivity contribution in [3.63, 3.8) is 0 Å². The monoisotopic (exact) mass is 255 g/mol. The van der Waals surface area contributed by atoms with Crippen molar-refractivity contribution in [2.24, 2.45) is 0 Å². The summed E-state index contributed by atoms with van der Waals surface area (Å²) in [4.78, 5) is 24.0. The Morgan fingerprint density at radius 3 is 2.59 bits per heavy atom. The Labute approximate surface area is 105 Å². The Bertz CT molecular complexity index is 420. The van der Waals surface area contributed by atoms with Crippen LogP contribution in [-0.4, -0.2) is 30.4 Å². The summed E-state index contributed by atoms with van der Waals surface area (Å²) >= 11 is 5.96. The second-order valence-corrected chi connectivity index (χ2v) is 3.88. The van der Waals surface area contributed by atoms with Gasteiger partial charge in [-0.15, -0.1) is 0 Å². The Morgan fingerprint density at radius 2 is 2.00 bits per heavy atom. The van der Waals surface area contributed by atoms with Gasteiger partial charge in [0.1, 0.15) is 0 Å². The number of hydrogen-bond acceptors (Lipinski definition) is 3. The molecule has 0 N–H and O–H groups in total. The van der Waals surface area contributed by atoms with E-state index in [4.69, 9.17) is 11.6 Å². The number of carbonyl (C=O) groups excluding carboxylic acids is 2. The molecule has 17 heavy (non-hydrogen) atoms. The van der Waals surface area contributed by atoms with E-state index in [9.17, 15) is 9.59 Å². The van der Waals surface area contributed by atoms with Crippen LogP contribution < -0.4 is 0 Å². The molecular formula is C12H14ClNO3. The lowest BCUT2D eigenvalue weighted by Crippen LogP contribution is -2.34. The van der Waals surface area contributed by atoms with Gasteiger partial charge in [0.15, 0.2) is 0 Å². The maximum absolute atomic E-state index is 11.6. The summed E-state index contributed by atoms with van der Waals surface area (Å²) in [5, 5.41) is 0.566. The molecule has 4 nitrogen and oxygen atoms in total. The van der Waals surface area contributed by atoms with Crippen molar-refractivity contribution in [2.45, 2.75) is 13.5 Å². The summed E-state index contributed by atoms with van der Waals surface area (Å²) in [6.07, 6.45) is 0. The van der Waals surface area contributed by atoms with Crippen LogP contribution in [0.1, 0.15) is 12.5 Å². The molecular weight excluding hydrogens is 242 g/mol. The van der Waals surface area contributed by atoms with Crippen LogP contribution in [-0.2, 0) is 20.9 Å². The highest BCUT2D eigenvalue weighted by atomic mass is 35.5. The molecule has 0 fully saturated rings. The van der Waals surface area contributed by atoms with Gasteiger partial charge in [-0.1, -0.05) is 29.8 Å². The number of benzene rings is 1. The van der Waals surface area contributed by atoms with E-state index in [1.807, 2.05) is 6.07 Å². The van der Waals surface area contributed by atoms with Gasteiger partial charge in [0.25, 0.3) is 0 Å². The van der Waals surface area contributed by atoms with E-state index in [1.165, 1.54) is 11.9 Å². The highest BCUT2D eigenvalue weighted by Crippen LogP contribution is 2.16. The summed E-state index contributed by atoms with van der Waals surface area (Å²) in [5.41, 5.74) is 0.786. The van der Waals surface area contributed by atoms with Gasteiger partial charge in [0, 0.05) is 18.6 Å². The summed E-state index contributed by atoms with van der Waals surface area (Å²) in [5.74, 6) is -1.52. The largest absolute Gasteiger partial charge is 0.459 e. The minimum Gasteiger partial charge on any atom is -0.459 e. The van der Waals surface area contributed by atoms with Crippen LogP contribution in [0, 0.1) is 0 Å². The van der Waals surface area contributed by atoms with E-state index in [0.717, 1.165) is 5.56 Å². The van der Waals surface area contributed by atoms with Crippen molar-refractivity contribution >= 4 is 23.5 Å². The Kier molecular flexibility index (Phi) is 4.97. The van der Waals surface area contributed by atoms with Crippen molar-refractivity contribution in [3.05, 3.63) is 34.9 Å². The molecule has 0 bridgehead atoms. The fourth-order valence-corrected chi connectivity index (χ4v) is 1.50. The molecule has 0 radical (unpaired) electrons. The van der Waals surface area contributed by atoms with Crippen LogP contribution in [0.4, 0.5) is 0 Å². The summed E-state index contributed by atoms with van der Waals surface area (Å²) in [6.45, 7) is 2.11. The number of esters is 1. The van der Waals surface area contributed by atoms with Gasteiger partial charge in [-0.05, 0) is 18.6 Å². The molecule has 0 aromatic heterocycles. The molecule has 1 aromatic rings. The van der Waals surface area contributed by atoms with E-state index >= 15 is 0 Å². The van der Waals surface area contributed by atoms with Crippen LogP contribution >= 0.6 is 11.6 Å². The number of nitrogens with zero attached hydrogens (tertiary/aromatic N) is 1. The number of halogens is 1. The second-order valence-electron chi connectivity index (χ2n) is 3.47. The average molecular weight is 256 g/mol. The lowest BCUT2D eigenvalue weighted by molar-refractivity contribution is -0.159. The van der Waals surface area contributed by atoms with Crippen LogP contribution in [0.15, 0.2) is 24.3 Å². The third-order valence-electron chi connectivity index (χ3n) is 2.16. The van der Waals surface area contributed by atoms with Crippen molar-refractivity contribution in [1.29, 1.82) is 0 Å². The minimum atomic E-state index is -0.845. The van der Waals surface area contributed by atoms with Crippen molar-refractivity contribution in [1.82, 2.24) is 4.90 Å². The molecule has 92 valence electrons. The zero-order valence-corrected chi connectivity index (χ0v) is 10.5. The summed E-state index contributed by atoms with van der Waals surface area (Å²) in [6, 6.07) is 7.17. The first-order valence-electron chi connectivity index (χ1n) is 5.22. The van der Waals surface area contributed by atoms with E-state index in [0.29, 0.717) is 5.02 Å². The van der Waals surface area contributed by atoms with E-state index in [1.54, 1.807) is 25.1 Å². The first-order valence-corrected chi connectivity index (χ1v) is 5.59. The van der Waals surface area contributed by atoms with Crippen molar-refractivity contribution in [3.8, 4) is 0 Å². The SMILES string of the molecule is CCOC(=O)C(=O)N(C)Cc1ccccc1Cl. The van der Waals surface area contributed by atoms with Crippen molar-refractivity contribution in [2.75, 3.05) is 13.7 Å². The normalized spacial score (nSPS) is 9.82. The third-order valence-corrected chi connectivity index (χ3v) is 2.53. The first-order chi connectivity index (χ1) is 8.06. The molecule has 5 heteroatoms. The molecule has 0 heterocycles. The molecule has 0 unspecified atom stereocenters. The highest BCUT2D eigenvalue weighted by Gasteiger charge is 2.20. The molecule has 0 aliphatic heterocycles. The molecule has 0 aliphatic rings. The quantitative estimate of drug-likeness (QED) is 0.612. The topological polar surface area (TPSA) is 46.6 Å². The fraction of sp³-hybridized carbons (Fsp3) is 0.333. The average Bonchev–Trinajstić information content (AvgIpc) is 2.31. The number of amides is 1. The molecule has 0 atom stereocenters. The van der Waals surface area contributed by atoms with Crippen molar-refractivity contribution < 1.29 is 14.3 Å². The van der Waals surface area contributed by atoms with Crippen LogP contribution in [0.25, 0.3) is 0 Å². The lowest BCUT2D eigenvalue weighted by atomic mass is 10.2. The van der Waals surface area contributed by atoms with E-state index < -0.39 is 11.9 Å². The Morgan fingerprint density at radius 1 is 1.35 bits per heavy atom. The number of likely N-dealkylation sites (N-methyl/N-ethyl adjacent to an activating group) is 1. The number of rotatable bonds is 3. The van der Waals surface area contributed by atoms with E-state index in [-0.39, 0.29) is 13.2 Å². The molecule has 1 aromatic carbocycles. The number of carbonyl (C=O) groups is 2. The fourth-order valence-electron chi connectivity index (χ4n) is 1.30. The maximum Gasteiger partial charge on any atom is 0.397 e. The Hall–Kier alpha value is -1.55. The Balaban J connectivity index is 2.66. The van der Waals surface area contributed by atoms with Gasteiger partial charge in [0.05, 0.1) is 6.61 Å². The third kappa shape index (κ3) is 3.75.